The molecule has 8 heteroatoms. The van der Waals surface area contributed by atoms with Gasteiger partial charge in [-0.2, -0.15) is 5.10 Å². The van der Waals surface area contributed by atoms with Gasteiger partial charge >= 0.3 is 0 Å². The Kier molecular flexibility index (Phi) is 6.36. The molecule has 4 aromatic rings. The second-order valence-electron chi connectivity index (χ2n) is 7.12. The molecule has 1 N–H and O–H groups in total. The summed E-state index contributed by atoms with van der Waals surface area (Å²) in [6, 6.07) is 22.6. The number of nitro benzene ring substituents is 1. The van der Waals surface area contributed by atoms with Crippen molar-refractivity contribution in [3.8, 4) is 5.75 Å². The summed E-state index contributed by atoms with van der Waals surface area (Å²) in [5.41, 5.74) is 4.15. The Labute approximate surface area is 188 Å². The maximum Gasteiger partial charge on any atom is 0.271 e. The minimum Gasteiger partial charge on any atom is -0.488 e. The highest BCUT2D eigenvalue weighted by molar-refractivity contribution is 6.03. The second kappa shape index (κ2) is 9.69. The molecule has 0 radical (unpaired) electrons. The number of hydrazone groups is 1. The van der Waals surface area contributed by atoms with Crippen LogP contribution in [0.4, 0.5) is 10.1 Å². The number of nitro groups is 1. The van der Waals surface area contributed by atoms with Gasteiger partial charge in [0.2, 0.25) is 0 Å². The van der Waals surface area contributed by atoms with Gasteiger partial charge in [0.15, 0.2) is 0 Å². The van der Waals surface area contributed by atoms with Gasteiger partial charge in [-0.1, -0.05) is 30.3 Å². The van der Waals surface area contributed by atoms with E-state index in [-0.39, 0.29) is 17.9 Å². The first kappa shape index (κ1) is 21.6. The molecule has 0 aromatic heterocycles. The number of rotatable bonds is 7. The molecule has 0 fully saturated rings. The van der Waals surface area contributed by atoms with Crippen molar-refractivity contribution in [2.45, 2.75) is 6.61 Å². The van der Waals surface area contributed by atoms with Gasteiger partial charge in [0, 0.05) is 23.3 Å². The number of ether oxygens (including phenoxy) is 1. The number of benzene rings is 4. The van der Waals surface area contributed by atoms with Crippen LogP contribution in [0.3, 0.4) is 0 Å². The van der Waals surface area contributed by atoms with Crippen LogP contribution in [0.5, 0.6) is 5.75 Å². The summed E-state index contributed by atoms with van der Waals surface area (Å²) in [7, 11) is 0. The van der Waals surface area contributed by atoms with E-state index >= 15 is 0 Å². The third-order valence-corrected chi connectivity index (χ3v) is 4.94. The van der Waals surface area contributed by atoms with Gasteiger partial charge in [-0.15, -0.1) is 0 Å². The van der Waals surface area contributed by atoms with E-state index in [4.69, 9.17) is 4.74 Å². The average molecular weight is 443 g/mol. The van der Waals surface area contributed by atoms with Gasteiger partial charge in [-0.25, -0.2) is 9.82 Å². The van der Waals surface area contributed by atoms with Crippen molar-refractivity contribution in [2.75, 3.05) is 0 Å². The Hall–Kier alpha value is -4.59. The molecule has 1 amide bonds. The van der Waals surface area contributed by atoms with E-state index < -0.39 is 16.6 Å². The van der Waals surface area contributed by atoms with Gasteiger partial charge in [-0.3, -0.25) is 14.9 Å². The molecule has 0 atom stereocenters. The molecule has 33 heavy (non-hydrogen) atoms. The lowest BCUT2D eigenvalue weighted by molar-refractivity contribution is -0.384. The predicted octanol–water partition coefficient (Wildman–Crippen LogP) is 5.23. The zero-order valence-corrected chi connectivity index (χ0v) is 17.3. The summed E-state index contributed by atoms with van der Waals surface area (Å²) in [4.78, 5) is 22.6. The van der Waals surface area contributed by atoms with Crippen molar-refractivity contribution in [3.63, 3.8) is 0 Å². The number of fused-ring (bicyclic) bond motifs is 1. The molecule has 0 saturated heterocycles. The van der Waals surface area contributed by atoms with E-state index in [0.717, 1.165) is 16.3 Å². The standard InChI is InChI=1S/C25H18FN3O4/c26-20-10-7-19(8-11-20)25(30)28-27-15-23-22-4-2-1-3-18(22)9-14-24(23)33-16-17-5-12-21(13-6-17)29(31)32/h1-15H,16H2,(H,28,30)/b27-15-. The van der Waals surface area contributed by atoms with Crippen LogP contribution in [-0.2, 0) is 6.61 Å². The van der Waals surface area contributed by atoms with Gasteiger partial charge in [-0.05, 0) is 58.8 Å². The van der Waals surface area contributed by atoms with E-state index in [9.17, 15) is 19.3 Å². The normalized spacial score (nSPS) is 10.9. The second-order valence-corrected chi connectivity index (χ2v) is 7.12. The van der Waals surface area contributed by atoms with Gasteiger partial charge in [0.1, 0.15) is 18.2 Å². The van der Waals surface area contributed by atoms with Crippen molar-refractivity contribution in [1.29, 1.82) is 0 Å². The topological polar surface area (TPSA) is 93.8 Å². The van der Waals surface area contributed by atoms with Gasteiger partial charge in [0.05, 0.1) is 11.1 Å². The maximum absolute atomic E-state index is 13.1. The van der Waals surface area contributed by atoms with E-state index in [1.54, 1.807) is 18.2 Å². The lowest BCUT2D eigenvalue weighted by Gasteiger charge is -2.12. The van der Waals surface area contributed by atoms with Gasteiger partial charge in [0.25, 0.3) is 11.6 Å². The molecule has 4 aromatic carbocycles. The number of hydrogen-bond acceptors (Lipinski definition) is 5. The first-order valence-electron chi connectivity index (χ1n) is 9.98. The van der Waals surface area contributed by atoms with Crippen LogP contribution in [0.25, 0.3) is 10.8 Å². The monoisotopic (exact) mass is 443 g/mol. The molecule has 4 rings (SSSR count). The molecule has 0 aliphatic carbocycles. The van der Waals surface area contributed by atoms with Crippen LogP contribution >= 0.6 is 0 Å². The average Bonchev–Trinajstić information content (AvgIpc) is 2.84. The molecule has 0 bridgehead atoms. The van der Waals surface area contributed by atoms with Crippen LogP contribution in [0, 0.1) is 15.9 Å². The summed E-state index contributed by atoms with van der Waals surface area (Å²) in [6.07, 6.45) is 1.49. The largest absolute Gasteiger partial charge is 0.488 e. The Morgan fingerprint density at radius 2 is 1.73 bits per heavy atom. The molecule has 7 nitrogen and oxygen atoms in total. The fourth-order valence-corrected chi connectivity index (χ4v) is 3.23. The Balaban J connectivity index is 1.55. The number of nitrogens with one attached hydrogen (secondary N) is 1. The number of amides is 1. The summed E-state index contributed by atoms with van der Waals surface area (Å²) in [5.74, 6) is -0.368. The lowest BCUT2D eigenvalue weighted by Crippen LogP contribution is -2.17. The zero-order valence-electron chi connectivity index (χ0n) is 17.3. The van der Waals surface area contributed by atoms with E-state index in [1.807, 2.05) is 30.3 Å². The third kappa shape index (κ3) is 5.19. The minimum atomic E-state index is -0.472. The van der Waals surface area contributed by atoms with Crippen LogP contribution < -0.4 is 10.2 Å². The van der Waals surface area contributed by atoms with Crippen LogP contribution in [0.1, 0.15) is 21.5 Å². The fourth-order valence-electron chi connectivity index (χ4n) is 3.23. The maximum atomic E-state index is 13.1. The first-order valence-corrected chi connectivity index (χ1v) is 9.98. The number of halogens is 1. The molecule has 0 unspecified atom stereocenters. The molecule has 164 valence electrons. The van der Waals surface area contributed by atoms with Crippen molar-refractivity contribution >= 4 is 28.6 Å². The number of non-ortho nitro benzene ring substituents is 1. The van der Waals surface area contributed by atoms with E-state index in [1.165, 1.54) is 42.6 Å². The molecular weight excluding hydrogens is 425 g/mol. The molecule has 0 saturated carbocycles. The molecule has 0 spiro atoms. The Bertz CT molecular complexity index is 1340. The molecule has 0 aliphatic heterocycles. The van der Waals surface area contributed by atoms with Crippen LogP contribution in [0.2, 0.25) is 0 Å². The Morgan fingerprint density at radius 3 is 2.45 bits per heavy atom. The molecule has 0 heterocycles. The quantitative estimate of drug-likeness (QED) is 0.240. The van der Waals surface area contributed by atoms with E-state index in [0.29, 0.717) is 11.3 Å². The highest BCUT2D eigenvalue weighted by Gasteiger charge is 2.10. The number of carbonyl (C=O) groups excluding carboxylic acids is 1. The van der Waals surface area contributed by atoms with Crippen molar-refractivity contribution in [1.82, 2.24) is 5.43 Å². The number of nitrogens with zero attached hydrogens (tertiary/aromatic N) is 2. The predicted molar refractivity (Wildman–Crippen MR) is 123 cm³/mol. The van der Waals surface area contributed by atoms with Crippen molar-refractivity contribution in [2.24, 2.45) is 5.10 Å². The first-order chi connectivity index (χ1) is 16.0. The lowest BCUT2D eigenvalue weighted by atomic mass is 10.0. The number of carbonyl (C=O) groups is 1. The minimum absolute atomic E-state index is 0.00849. The SMILES string of the molecule is O=C(N/N=C\c1c(OCc2ccc([N+](=O)[O-])cc2)ccc2ccccc12)c1ccc(F)cc1. The zero-order chi connectivity index (χ0) is 23.2. The summed E-state index contributed by atoms with van der Waals surface area (Å²) >= 11 is 0. The van der Waals surface area contributed by atoms with Crippen LogP contribution in [-0.4, -0.2) is 17.0 Å². The summed E-state index contributed by atoms with van der Waals surface area (Å²) in [5, 5.41) is 16.7. The fraction of sp³-hybridized carbons (Fsp3) is 0.0400. The van der Waals surface area contributed by atoms with E-state index in [2.05, 4.69) is 10.5 Å². The third-order valence-electron chi connectivity index (χ3n) is 4.94. The highest BCUT2D eigenvalue weighted by atomic mass is 19.1. The molecular formula is C25H18FN3O4. The van der Waals surface area contributed by atoms with Crippen molar-refractivity contribution < 1.29 is 18.8 Å². The smallest absolute Gasteiger partial charge is 0.271 e. The van der Waals surface area contributed by atoms with Crippen LogP contribution in [0.15, 0.2) is 90.0 Å². The highest BCUT2D eigenvalue weighted by Crippen LogP contribution is 2.27. The molecule has 0 aliphatic rings. The number of hydrogen-bond donors (Lipinski definition) is 1. The van der Waals surface area contributed by atoms with Crippen molar-refractivity contribution in [3.05, 3.63) is 118 Å². The van der Waals surface area contributed by atoms with Gasteiger partial charge < -0.3 is 4.74 Å². The summed E-state index contributed by atoms with van der Waals surface area (Å²) in [6.45, 7) is 0.194. The Morgan fingerprint density at radius 1 is 1.00 bits per heavy atom. The summed E-state index contributed by atoms with van der Waals surface area (Å²) < 4.78 is 19.0.